The third-order valence-electron chi connectivity index (χ3n) is 5.31. The average molecular weight is 346 g/mol. The lowest BCUT2D eigenvalue weighted by molar-refractivity contribution is -0.147. The number of amides is 2. The van der Waals surface area contributed by atoms with Crippen LogP contribution in [0.3, 0.4) is 0 Å². The second-order valence-corrected chi connectivity index (χ2v) is 6.82. The number of likely N-dealkylation sites (N-methyl/N-ethyl adjacent to an activating group) is 1. The topological polar surface area (TPSA) is 49.9 Å². The first kappa shape index (κ1) is 19.4. The number of carbonyl (C=O) groups excluding carboxylic acids is 2. The highest BCUT2D eigenvalue weighted by molar-refractivity contribution is 5.84. The molecule has 5 nitrogen and oxygen atoms in total. The summed E-state index contributed by atoms with van der Waals surface area (Å²) in [5.41, 5.74) is 0.596. The number of ether oxygens (including phenoxy) is 1. The summed E-state index contributed by atoms with van der Waals surface area (Å²) in [4.78, 5) is 28.6. The molecule has 5 heteroatoms. The smallest absolute Gasteiger partial charge is 0.231 e. The molecule has 2 rings (SSSR count). The van der Waals surface area contributed by atoms with E-state index in [-0.39, 0.29) is 11.8 Å². The Bertz CT molecular complexity index is 570. The Balaban J connectivity index is 2.01. The fraction of sp³-hybridized carbons (Fsp3) is 0.600. The minimum Gasteiger partial charge on any atom is -0.376 e. The van der Waals surface area contributed by atoms with Gasteiger partial charge in [-0.3, -0.25) is 9.59 Å². The van der Waals surface area contributed by atoms with E-state index in [0.29, 0.717) is 39.3 Å². The second-order valence-electron chi connectivity index (χ2n) is 6.82. The van der Waals surface area contributed by atoms with Crippen LogP contribution in [0, 0.1) is 5.41 Å². The molecule has 0 bridgehead atoms. The van der Waals surface area contributed by atoms with Crippen LogP contribution in [0.25, 0.3) is 0 Å². The third-order valence-corrected chi connectivity index (χ3v) is 5.31. The maximum absolute atomic E-state index is 13.2. The van der Waals surface area contributed by atoms with Gasteiger partial charge in [0.05, 0.1) is 18.6 Å². The summed E-state index contributed by atoms with van der Waals surface area (Å²) in [6, 6.07) is 10.0. The van der Waals surface area contributed by atoms with Crippen molar-refractivity contribution in [3.05, 3.63) is 35.9 Å². The monoisotopic (exact) mass is 346 g/mol. The van der Waals surface area contributed by atoms with Crippen molar-refractivity contribution >= 4 is 11.8 Å². The molecule has 0 aromatic heterocycles. The summed E-state index contributed by atoms with van der Waals surface area (Å²) in [5, 5.41) is 0. The highest BCUT2D eigenvalue weighted by Gasteiger charge is 2.39. The van der Waals surface area contributed by atoms with E-state index in [4.69, 9.17) is 4.74 Å². The molecule has 1 saturated heterocycles. The number of benzene rings is 1. The zero-order chi connectivity index (χ0) is 18.3. The normalized spacial score (nSPS) is 16.0. The molecule has 1 heterocycles. The zero-order valence-corrected chi connectivity index (χ0v) is 15.7. The molecular formula is C20H30N2O3. The van der Waals surface area contributed by atoms with Gasteiger partial charge in [0.2, 0.25) is 11.8 Å². The van der Waals surface area contributed by atoms with Crippen molar-refractivity contribution in [1.82, 2.24) is 9.80 Å². The van der Waals surface area contributed by atoms with Crippen molar-refractivity contribution in [2.75, 3.05) is 33.3 Å². The number of rotatable bonds is 7. The highest BCUT2D eigenvalue weighted by atomic mass is 16.5. The predicted molar refractivity (Wildman–Crippen MR) is 97.9 cm³/mol. The Kier molecular flexibility index (Phi) is 7.00. The van der Waals surface area contributed by atoms with Crippen molar-refractivity contribution in [1.29, 1.82) is 0 Å². The molecule has 0 aliphatic carbocycles. The molecule has 2 amide bonds. The van der Waals surface area contributed by atoms with Crippen LogP contribution in [0.5, 0.6) is 0 Å². The summed E-state index contributed by atoms with van der Waals surface area (Å²) < 4.78 is 5.93. The number of nitrogens with zero attached hydrogens (tertiary/aromatic N) is 2. The van der Waals surface area contributed by atoms with Gasteiger partial charge in [-0.05, 0) is 18.4 Å². The molecule has 1 aliphatic rings. The molecule has 1 aromatic carbocycles. The van der Waals surface area contributed by atoms with Crippen LogP contribution in [0.4, 0.5) is 0 Å². The molecule has 0 radical (unpaired) electrons. The summed E-state index contributed by atoms with van der Waals surface area (Å²) in [6.07, 6.45) is 1.87. The van der Waals surface area contributed by atoms with Gasteiger partial charge in [0.1, 0.15) is 0 Å². The fourth-order valence-corrected chi connectivity index (χ4v) is 3.22. The minimum atomic E-state index is -0.513. The number of carbonyl (C=O) groups is 2. The number of hydrogen-bond donors (Lipinski definition) is 0. The first-order valence-electron chi connectivity index (χ1n) is 9.17. The summed E-state index contributed by atoms with van der Waals surface area (Å²) in [6.45, 7) is 6.71. The van der Waals surface area contributed by atoms with Gasteiger partial charge in [-0.1, -0.05) is 44.2 Å². The maximum atomic E-state index is 13.2. The van der Waals surface area contributed by atoms with Gasteiger partial charge in [0.15, 0.2) is 0 Å². The quantitative estimate of drug-likeness (QED) is 0.763. The van der Waals surface area contributed by atoms with Gasteiger partial charge < -0.3 is 14.5 Å². The lowest BCUT2D eigenvalue weighted by Crippen LogP contribution is -2.47. The van der Waals surface area contributed by atoms with E-state index in [2.05, 4.69) is 0 Å². The van der Waals surface area contributed by atoms with Crippen LogP contribution in [-0.4, -0.2) is 54.9 Å². The maximum Gasteiger partial charge on any atom is 0.231 e. The predicted octanol–water partition coefficient (Wildman–Crippen LogP) is 2.70. The van der Waals surface area contributed by atoms with Crippen LogP contribution < -0.4 is 0 Å². The van der Waals surface area contributed by atoms with Crippen molar-refractivity contribution in [3.8, 4) is 0 Å². The van der Waals surface area contributed by atoms with Crippen molar-refractivity contribution in [2.45, 2.75) is 39.7 Å². The van der Waals surface area contributed by atoms with Crippen LogP contribution in [-0.2, 0) is 20.9 Å². The minimum absolute atomic E-state index is 0.106. The van der Waals surface area contributed by atoms with E-state index in [1.807, 2.05) is 49.1 Å². The highest BCUT2D eigenvalue weighted by Crippen LogP contribution is 2.30. The zero-order valence-electron chi connectivity index (χ0n) is 15.7. The summed E-state index contributed by atoms with van der Waals surface area (Å²) in [5.74, 6) is 0.225. The first-order valence-corrected chi connectivity index (χ1v) is 9.17. The fourth-order valence-electron chi connectivity index (χ4n) is 3.22. The average Bonchev–Trinajstić information content (AvgIpc) is 2.81. The van der Waals surface area contributed by atoms with Crippen molar-refractivity contribution in [3.63, 3.8) is 0 Å². The molecule has 0 atom stereocenters. The van der Waals surface area contributed by atoms with Gasteiger partial charge >= 0.3 is 0 Å². The molecule has 0 saturated carbocycles. The van der Waals surface area contributed by atoms with E-state index >= 15 is 0 Å². The van der Waals surface area contributed by atoms with E-state index in [1.165, 1.54) is 0 Å². The Morgan fingerprint density at radius 1 is 1.12 bits per heavy atom. The van der Waals surface area contributed by atoms with E-state index in [9.17, 15) is 9.59 Å². The molecular weight excluding hydrogens is 316 g/mol. The molecule has 1 fully saturated rings. The lowest BCUT2D eigenvalue weighted by Gasteiger charge is -2.35. The largest absolute Gasteiger partial charge is 0.376 e. The summed E-state index contributed by atoms with van der Waals surface area (Å²) >= 11 is 0. The van der Waals surface area contributed by atoms with Gasteiger partial charge in [0.25, 0.3) is 0 Å². The van der Waals surface area contributed by atoms with Crippen LogP contribution >= 0.6 is 0 Å². The van der Waals surface area contributed by atoms with Crippen LogP contribution in [0.2, 0.25) is 0 Å². The first-order chi connectivity index (χ1) is 12.0. The standard InChI is InChI=1S/C20H30N2O3/c1-4-20(5-2,16-25-15-17-9-7-6-8-10-17)19(24)22-12-11-18(23)21(3)13-14-22/h6-10H,4-5,11-16H2,1-3H3. The number of hydrogen-bond acceptors (Lipinski definition) is 3. The van der Waals surface area contributed by atoms with E-state index in [1.54, 1.807) is 11.9 Å². The van der Waals surface area contributed by atoms with Crippen molar-refractivity contribution in [2.24, 2.45) is 5.41 Å². The molecule has 25 heavy (non-hydrogen) atoms. The van der Waals surface area contributed by atoms with E-state index < -0.39 is 5.41 Å². The van der Waals surface area contributed by atoms with Gasteiger partial charge in [-0.15, -0.1) is 0 Å². The van der Waals surface area contributed by atoms with Crippen LogP contribution in [0.15, 0.2) is 30.3 Å². The molecule has 1 aliphatic heterocycles. The Hall–Kier alpha value is -1.88. The van der Waals surface area contributed by atoms with Gasteiger partial charge in [0, 0.05) is 33.1 Å². The molecule has 0 unspecified atom stereocenters. The molecule has 0 spiro atoms. The Morgan fingerprint density at radius 3 is 2.44 bits per heavy atom. The van der Waals surface area contributed by atoms with Gasteiger partial charge in [-0.2, -0.15) is 0 Å². The lowest BCUT2D eigenvalue weighted by atomic mass is 9.81. The van der Waals surface area contributed by atoms with Gasteiger partial charge in [-0.25, -0.2) is 0 Å². The Morgan fingerprint density at radius 2 is 1.80 bits per heavy atom. The second kappa shape index (κ2) is 8.99. The third kappa shape index (κ3) is 4.82. The SMILES string of the molecule is CCC(CC)(COCc1ccccc1)C(=O)N1CCC(=O)N(C)CC1. The molecule has 138 valence electrons. The molecule has 0 N–H and O–H groups in total. The Labute approximate surface area is 150 Å². The van der Waals surface area contributed by atoms with Crippen LogP contribution in [0.1, 0.15) is 38.7 Å². The molecule has 1 aromatic rings. The van der Waals surface area contributed by atoms with Crippen molar-refractivity contribution < 1.29 is 14.3 Å². The summed E-state index contributed by atoms with van der Waals surface area (Å²) in [7, 11) is 1.80. The van der Waals surface area contributed by atoms with E-state index in [0.717, 1.165) is 18.4 Å².